The Balaban J connectivity index is 1.40. The molecule has 6 nitrogen and oxygen atoms in total. The molecule has 0 aliphatic carbocycles. The van der Waals surface area contributed by atoms with Gasteiger partial charge in [0.1, 0.15) is 23.7 Å². The summed E-state index contributed by atoms with van der Waals surface area (Å²) in [7, 11) is 0. The highest BCUT2D eigenvalue weighted by molar-refractivity contribution is 6.75. The van der Waals surface area contributed by atoms with Gasteiger partial charge in [-0.25, -0.2) is 9.55 Å². The van der Waals surface area contributed by atoms with Crippen molar-refractivity contribution in [3.8, 4) is 22.5 Å². The molecule has 7 heteroatoms. The Kier molecular flexibility index (Phi) is 5.88. The molecule has 0 saturated carbocycles. The average Bonchev–Trinajstić information content (AvgIpc) is 3.38. The molecule has 0 fully saturated rings. The van der Waals surface area contributed by atoms with Crippen molar-refractivity contribution >= 4 is 30.0 Å². The van der Waals surface area contributed by atoms with Gasteiger partial charge in [-0.3, -0.25) is 14.8 Å². The normalized spacial score (nSPS) is 16.9. The van der Waals surface area contributed by atoms with Gasteiger partial charge in [-0.05, 0) is 74.4 Å². The summed E-state index contributed by atoms with van der Waals surface area (Å²) >= 11 is 0. The van der Waals surface area contributed by atoms with Gasteiger partial charge in [0.15, 0.2) is 0 Å². The van der Waals surface area contributed by atoms with Crippen LogP contribution in [0.25, 0.3) is 22.5 Å². The van der Waals surface area contributed by atoms with Gasteiger partial charge in [0, 0.05) is 35.8 Å². The number of hydrogen-bond donors (Lipinski definition) is 0. The van der Waals surface area contributed by atoms with Gasteiger partial charge in [-0.1, -0.05) is 38.1 Å². The standard InChI is InChI=1S/C33H32BN6/c1-4-33(5-2)24(3)38-23-26(28-13-9-11-21-36-28)17-19-32(38)40-30-15-7-6-14-29(30)39(34(33)40)31-18-16-25(22-37-31)27-12-8-10-20-35-27/h6-24H,4-5H2,1-3H3/q+1. The number of pyridine rings is 4. The first-order valence-electron chi connectivity index (χ1n) is 14.2. The molecule has 196 valence electrons. The first-order valence-corrected chi connectivity index (χ1v) is 14.2. The predicted molar refractivity (Wildman–Crippen MR) is 162 cm³/mol. The zero-order valence-corrected chi connectivity index (χ0v) is 23.1. The molecule has 0 amide bonds. The fraction of sp³-hybridized carbons (Fsp3) is 0.212. The maximum absolute atomic E-state index is 5.04. The number of anilines is 4. The molecule has 0 spiro atoms. The lowest BCUT2D eigenvalue weighted by molar-refractivity contribution is -0.714. The Morgan fingerprint density at radius 2 is 1.35 bits per heavy atom. The first-order chi connectivity index (χ1) is 19.7. The minimum atomic E-state index is -0.0409. The second-order valence-electron chi connectivity index (χ2n) is 10.7. The summed E-state index contributed by atoms with van der Waals surface area (Å²) in [5.74, 6) is 2.14. The highest BCUT2D eigenvalue weighted by Gasteiger charge is 2.67. The molecule has 7 rings (SSSR count). The van der Waals surface area contributed by atoms with E-state index in [4.69, 9.17) is 4.98 Å². The van der Waals surface area contributed by atoms with E-state index in [0.717, 1.165) is 41.2 Å². The molecule has 0 saturated heterocycles. The third-order valence-electron chi connectivity index (χ3n) is 9.09. The van der Waals surface area contributed by atoms with E-state index < -0.39 is 0 Å². The van der Waals surface area contributed by atoms with E-state index in [-0.39, 0.29) is 18.3 Å². The highest BCUT2D eigenvalue weighted by Crippen LogP contribution is 2.59. The van der Waals surface area contributed by atoms with E-state index in [1.54, 1.807) is 0 Å². The molecular formula is C33H32BN6+. The topological polar surface area (TPSA) is 49.0 Å². The molecule has 1 aromatic carbocycles. The van der Waals surface area contributed by atoms with Crippen molar-refractivity contribution in [3.05, 3.63) is 110 Å². The Morgan fingerprint density at radius 1 is 0.725 bits per heavy atom. The second-order valence-corrected chi connectivity index (χ2v) is 10.7. The van der Waals surface area contributed by atoms with Crippen LogP contribution in [-0.2, 0) is 0 Å². The van der Waals surface area contributed by atoms with Gasteiger partial charge in [0.25, 0.3) is 5.82 Å². The van der Waals surface area contributed by atoms with Crippen molar-refractivity contribution in [2.45, 2.75) is 45.0 Å². The minimum Gasteiger partial charge on any atom is -0.324 e. The number of aromatic nitrogens is 4. The lowest BCUT2D eigenvalue weighted by Crippen LogP contribution is -2.66. The number of para-hydroxylation sites is 2. The SMILES string of the molecule is CCC1(CC)B2N(c3ccc(-c4ccccn4)cn3)c3ccccc3N2c2ccc(-c3ccccn3)c[n+]2C1C. The maximum atomic E-state index is 5.04. The summed E-state index contributed by atoms with van der Waals surface area (Å²) in [6.07, 6.45) is 10.0. The molecular weight excluding hydrogens is 491 g/mol. The van der Waals surface area contributed by atoms with Crippen LogP contribution in [0.1, 0.15) is 39.7 Å². The van der Waals surface area contributed by atoms with E-state index in [0.29, 0.717) is 0 Å². The van der Waals surface area contributed by atoms with Crippen molar-refractivity contribution < 1.29 is 4.57 Å². The smallest absolute Gasteiger partial charge is 0.324 e. The molecule has 2 aliphatic rings. The van der Waals surface area contributed by atoms with Crippen molar-refractivity contribution in [1.29, 1.82) is 0 Å². The first kappa shape index (κ1) is 24.5. The lowest BCUT2D eigenvalue weighted by Gasteiger charge is -2.45. The van der Waals surface area contributed by atoms with E-state index in [1.165, 1.54) is 17.2 Å². The van der Waals surface area contributed by atoms with Crippen LogP contribution in [0.2, 0.25) is 5.31 Å². The summed E-state index contributed by atoms with van der Waals surface area (Å²) < 4.78 is 2.48. The van der Waals surface area contributed by atoms with E-state index in [2.05, 4.69) is 112 Å². The van der Waals surface area contributed by atoms with Crippen LogP contribution >= 0.6 is 0 Å². The van der Waals surface area contributed by atoms with Gasteiger partial charge < -0.3 is 4.81 Å². The maximum Gasteiger partial charge on any atom is 0.518 e. The molecule has 4 aromatic heterocycles. The lowest BCUT2D eigenvalue weighted by atomic mass is 9.42. The van der Waals surface area contributed by atoms with Gasteiger partial charge in [-0.15, -0.1) is 0 Å². The van der Waals surface area contributed by atoms with Crippen LogP contribution in [0.4, 0.5) is 23.0 Å². The second kappa shape index (κ2) is 9.59. The number of benzene rings is 1. The predicted octanol–water partition coefficient (Wildman–Crippen LogP) is 7.41. The van der Waals surface area contributed by atoms with Crippen LogP contribution in [0.3, 0.4) is 0 Å². The average molecular weight is 523 g/mol. The fourth-order valence-corrected chi connectivity index (χ4v) is 6.88. The van der Waals surface area contributed by atoms with Crippen LogP contribution in [0, 0.1) is 0 Å². The van der Waals surface area contributed by atoms with Gasteiger partial charge in [0.2, 0.25) is 0 Å². The number of rotatable bonds is 5. The Bertz CT molecular complexity index is 1650. The molecule has 0 radical (unpaired) electrons. The Hall–Kier alpha value is -4.52. The molecule has 0 N–H and O–H groups in total. The van der Waals surface area contributed by atoms with Crippen molar-refractivity contribution in [2.75, 3.05) is 9.62 Å². The zero-order chi connectivity index (χ0) is 27.3. The van der Waals surface area contributed by atoms with Crippen LogP contribution in [0.15, 0.2) is 110 Å². The van der Waals surface area contributed by atoms with Crippen molar-refractivity contribution in [2.24, 2.45) is 0 Å². The molecule has 40 heavy (non-hydrogen) atoms. The summed E-state index contributed by atoms with van der Waals surface area (Å²) in [5, 5.41) is -0.0409. The third-order valence-corrected chi connectivity index (χ3v) is 9.09. The van der Waals surface area contributed by atoms with E-state index >= 15 is 0 Å². The highest BCUT2D eigenvalue weighted by atomic mass is 15.4. The molecule has 0 bridgehead atoms. The minimum absolute atomic E-state index is 0.0409. The molecule has 1 unspecified atom stereocenters. The van der Waals surface area contributed by atoms with Gasteiger partial charge in [0.05, 0.1) is 22.4 Å². The molecule has 1 atom stereocenters. The monoisotopic (exact) mass is 523 g/mol. The van der Waals surface area contributed by atoms with Crippen LogP contribution in [0.5, 0.6) is 0 Å². The Labute approximate surface area is 236 Å². The van der Waals surface area contributed by atoms with Crippen LogP contribution < -0.4 is 14.2 Å². The number of fused-ring (bicyclic) bond motifs is 5. The quantitative estimate of drug-likeness (QED) is 0.177. The van der Waals surface area contributed by atoms with E-state index in [9.17, 15) is 0 Å². The van der Waals surface area contributed by atoms with Crippen molar-refractivity contribution in [1.82, 2.24) is 15.0 Å². The molecule has 5 aromatic rings. The fourth-order valence-electron chi connectivity index (χ4n) is 6.88. The van der Waals surface area contributed by atoms with Crippen molar-refractivity contribution in [3.63, 3.8) is 0 Å². The summed E-state index contributed by atoms with van der Waals surface area (Å²) in [6.45, 7) is 7.15. The van der Waals surface area contributed by atoms with Gasteiger partial charge >= 0.3 is 6.98 Å². The van der Waals surface area contributed by atoms with Crippen LogP contribution in [-0.4, -0.2) is 21.9 Å². The summed E-state index contributed by atoms with van der Waals surface area (Å²) in [6, 6.07) is 29.8. The number of nitrogens with zero attached hydrogens (tertiary/aromatic N) is 6. The third kappa shape index (κ3) is 3.57. The summed E-state index contributed by atoms with van der Waals surface area (Å²) in [5.41, 5.74) is 6.47. The Morgan fingerprint density at radius 3 is 1.95 bits per heavy atom. The largest absolute Gasteiger partial charge is 0.518 e. The van der Waals surface area contributed by atoms with E-state index in [1.807, 2.05) is 42.9 Å². The summed E-state index contributed by atoms with van der Waals surface area (Å²) in [4.78, 5) is 19.2. The molecule has 2 aliphatic heterocycles. The zero-order valence-electron chi connectivity index (χ0n) is 23.1. The van der Waals surface area contributed by atoms with Gasteiger partial charge in [-0.2, -0.15) is 0 Å². The number of hydrogen-bond acceptors (Lipinski definition) is 5. The molecule has 6 heterocycles.